The second-order valence-electron chi connectivity index (χ2n) is 6.87. The zero-order chi connectivity index (χ0) is 16.5. The molecule has 2 aromatic rings. The molecule has 1 atom stereocenters. The van der Waals surface area contributed by atoms with Crippen LogP contribution in [0.2, 0.25) is 0 Å². The van der Waals surface area contributed by atoms with Crippen LogP contribution in [0.25, 0.3) is 0 Å². The summed E-state index contributed by atoms with van der Waals surface area (Å²) in [4.78, 5) is 2.36. The molecule has 2 aromatic carbocycles. The van der Waals surface area contributed by atoms with Gasteiger partial charge in [0.25, 0.3) is 0 Å². The minimum Gasteiger partial charge on any atom is -0.493 e. The maximum Gasteiger partial charge on any atom is 0.161 e. The van der Waals surface area contributed by atoms with Crippen molar-refractivity contribution in [2.24, 2.45) is 0 Å². The van der Waals surface area contributed by atoms with Crippen LogP contribution in [0.4, 0.5) is 5.69 Å². The Morgan fingerprint density at radius 1 is 1.08 bits per heavy atom. The molecule has 0 amide bonds. The SMILES string of the molecule is CCc1ccc2c(c1)N(C[C@H](C)c1ccc3c(c1)CCCO3)CO2. The molecule has 3 nitrogen and oxygen atoms in total. The Morgan fingerprint density at radius 2 is 1.96 bits per heavy atom. The number of rotatable bonds is 4. The van der Waals surface area contributed by atoms with E-state index in [-0.39, 0.29) is 0 Å². The number of anilines is 1. The zero-order valence-corrected chi connectivity index (χ0v) is 14.5. The fourth-order valence-electron chi connectivity index (χ4n) is 3.64. The molecule has 0 spiro atoms. The fourth-order valence-corrected chi connectivity index (χ4v) is 3.64. The summed E-state index contributed by atoms with van der Waals surface area (Å²) in [6.45, 7) is 6.97. The molecule has 4 rings (SSSR count). The smallest absolute Gasteiger partial charge is 0.161 e. The van der Waals surface area contributed by atoms with Crippen molar-refractivity contribution in [3.8, 4) is 11.5 Å². The van der Waals surface area contributed by atoms with Crippen LogP contribution in [-0.4, -0.2) is 19.9 Å². The second kappa shape index (κ2) is 6.39. The molecule has 0 bridgehead atoms. The Kier molecular flexibility index (Phi) is 4.09. The highest BCUT2D eigenvalue weighted by Gasteiger charge is 2.23. The number of hydrogen-bond acceptors (Lipinski definition) is 3. The van der Waals surface area contributed by atoms with Crippen LogP contribution in [0.15, 0.2) is 36.4 Å². The number of benzene rings is 2. The lowest BCUT2D eigenvalue weighted by Gasteiger charge is -2.24. The van der Waals surface area contributed by atoms with Gasteiger partial charge in [0, 0.05) is 6.54 Å². The van der Waals surface area contributed by atoms with E-state index in [2.05, 4.69) is 55.1 Å². The third kappa shape index (κ3) is 2.83. The largest absolute Gasteiger partial charge is 0.493 e. The van der Waals surface area contributed by atoms with E-state index in [1.54, 1.807) is 0 Å². The van der Waals surface area contributed by atoms with Crippen molar-refractivity contribution in [3.05, 3.63) is 53.1 Å². The predicted molar refractivity (Wildman–Crippen MR) is 97.3 cm³/mol. The minimum absolute atomic E-state index is 0.456. The van der Waals surface area contributed by atoms with Crippen molar-refractivity contribution in [2.75, 3.05) is 24.8 Å². The van der Waals surface area contributed by atoms with Gasteiger partial charge in [-0.05, 0) is 60.1 Å². The summed E-state index contributed by atoms with van der Waals surface area (Å²) in [6.07, 6.45) is 3.31. The molecule has 3 heteroatoms. The predicted octanol–water partition coefficient (Wildman–Crippen LogP) is 4.53. The summed E-state index contributed by atoms with van der Waals surface area (Å²) < 4.78 is 11.6. The molecule has 2 heterocycles. The zero-order valence-electron chi connectivity index (χ0n) is 14.5. The first-order chi connectivity index (χ1) is 11.7. The van der Waals surface area contributed by atoms with Crippen molar-refractivity contribution in [1.29, 1.82) is 0 Å². The summed E-state index contributed by atoms with van der Waals surface area (Å²) >= 11 is 0. The van der Waals surface area contributed by atoms with Gasteiger partial charge >= 0.3 is 0 Å². The topological polar surface area (TPSA) is 21.7 Å². The first-order valence-electron chi connectivity index (χ1n) is 9.01. The molecule has 126 valence electrons. The summed E-state index contributed by atoms with van der Waals surface area (Å²) in [5.74, 6) is 2.54. The van der Waals surface area contributed by atoms with Crippen LogP contribution < -0.4 is 14.4 Å². The van der Waals surface area contributed by atoms with Crippen molar-refractivity contribution >= 4 is 5.69 Å². The molecule has 2 aliphatic heterocycles. The Morgan fingerprint density at radius 3 is 2.83 bits per heavy atom. The van der Waals surface area contributed by atoms with Gasteiger partial charge in [-0.25, -0.2) is 0 Å². The average molecular weight is 323 g/mol. The highest BCUT2D eigenvalue weighted by Crippen LogP contribution is 2.36. The Hall–Kier alpha value is -2.16. The van der Waals surface area contributed by atoms with Gasteiger partial charge in [-0.3, -0.25) is 0 Å². The molecule has 2 aliphatic rings. The molecule has 0 aliphatic carbocycles. The van der Waals surface area contributed by atoms with Crippen molar-refractivity contribution in [3.63, 3.8) is 0 Å². The second-order valence-corrected chi connectivity index (χ2v) is 6.87. The Labute approximate surface area is 144 Å². The number of aryl methyl sites for hydroxylation is 2. The van der Waals surface area contributed by atoms with Crippen LogP contribution in [0, 0.1) is 0 Å². The minimum atomic E-state index is 0.456. The maximum atomic E-state index is 5.84. The van der Waals surface area contributed by atoms with Gasteiger partial charge in [-0.1, -0.05) is 32.0 Å². The normalized spacial score (nSPS) is 16.8. The molecular weight excluding hydrogens is 298 g/mol. The molecule has 0 N–H and O–H groups in total. The van der Waals surface area contributed by atoms with Crippen molar-refractivity contribution in [2.45, 2.75) is 39.0 Å². The van der Waals surface area contributed by atoms with Gasteiger partial charge < -0.3 is 14.4 Å². The number of nitrogens with zero attached hydrogens (tertiary/aromatic N) is 1. The Balaban J connectivity index is 1.52. The highest BCUT2D eigenvalue weighted by atomic mass is 16.5. The lowest BCUT2D eigenvalue weighted by molar-refractivity contribution is 0.288. The van der Waals surface area contributed by atoms with E-state index >= 15 is 0 Å². The lowest BCUT2D eigenvalue weighted by Crippen LogP contribution is -2.27. The van der Waals surface area contributed by atoms with E-state index in [4.69, 9.17) is 9.47 Å². The van der Waals surface area contributed by atoms with E-state index in [0.717, 1.165) is 43.9 Å². The van der Waals surface area contributed by atoms with Crippen LogP contribution in [0.5, 0.6) is 11.5 Å². The summed E-state index contributed by atoms with van der Waals surface area (Å²) in [6, 6.07) is 13.2. The highest BCUT2D eigenvalue weighted by molar-refractivity contribution is 5.63. The van der Waals surface area contributed by atoms with Crippen LogP contribution in [0.3, 0.4) is 0 Å². The summed E-state index contributed by atoms with van der Waals surface area (Å²) in [7, 11) is 0. The molecular formula is C21H25NO2. The standard InChI is InChI=1S/C21H25NO2/c1-3-16-6-8-21-19(11-16)22(14-24-21)13-15(2)17-7-9-20-18(12-17)5-4-10-23-20/h6-9,11-12,15H,3-5,10,13-14H2,1-2H3/t15-/m0/s1. The lowest BCUT2D eigenvalue weighted by atomic mass is 9.95. The average Bonchev–Trinajstić information content (AvgIpc) is 3.03. The van der Waals surface area contributed by atoms with Gasteiger partial charge in [-0.2, -0.15) is 0 Å². The van der Waals surface area contributed by atoms with E-state index < -0.39 is 0 Å². The number of ether oxygens (including phenoxy) is 2. The molecule has 24 heavy (non-hydrogen) atoms. The quantitative estimate of drug-likeness (QED) is 0.825. The first-order valence-corrected chi connectivity index (χ1v) is 9.01. The molecule has 0 saturated carbocycles. The third-order valence-corrected chi connectivity index (χ3v) is 5.14. The monoisotopic (exact) mass is 323 g/mol. The van der Waals surface area contributed by atoms with Gasteiger partial charge in [-0.15, -0.1) is 0 Å². The fraction of sp³-hybridized carbons (Fsp3) is 0.429. The van der Waals surface area contributed by atoms with Crippen molar-refractivity contribution < 1.29 is 9.47 Å². The van der Waals surface area contributed by atoms with Crippen LogP contribution in [-0.2, 0) is 12.8 Å². The van der Waals surface area contributed by atoms with Crippen molar-refractivity contribution in [1.82, 2.24) is 0 Å². The van der Waals surface area contributed by atoms with Gasteiger partial charge in [0.2, 0.25) is 0 Å². The van der Waals surface area contributed by atoms with E-state index in [1.165, 1.54) is 22.4 Å². The van der Waals surface area contributed by atoms with Crippen LogP contribution >= 0.6 is 0 Å². The molecule has 0 saturated heterocycles. The molecule has 0 radical (unpaired) electrons. The van der Waals surface area contributed by atoms with Gasteiger partial charge in [0.15, 0.2) is 6.73 Å². The third-order valence-electron chi connectivity index (χ3n) is 5.14. The maximum absolute atomic E-state index is 5.84. The molecule has 0 fully saturated rings. The Bertz CT molecular complexity index is 741. The molecule has 0 unspecified atom stereocenters. The van der Waals surface area contributed by atoms with E-state index in [9.17, 15) is 0 Å². The summed E-state index contributed by atoms with van der Waals surface area (Å²) in [5, 5.41) is 0. The first kappa shape index (κ1) is 15.4. The van der Waals surface area contributed by atoms with Gasteiger partial charge in [0.1, 0.15) is 11.5 Å². The number of hydrogen-bond donors (Lipinski definition) is 0. The summed E-state index contributed by atoms with van der Waals surface area (Å²) in [5.41, 5.74) is 5.35. The van der Waals surface area contributed by atoms with Crippen LogP contribution in [0.1, 0.15) is 42.9 Å². The number of fused-ring (bicyclic) bond motifs is 2. The van der Waals surface area contributed by atoms with E-state index in [0.29, 0.717) is 12.6 Å². The molecule has 0 aromatic heterocycles. The van der Waals surface area contributed by atoms with Gasteiger partial charge in [0.05, 0.1) is 12.3 Å². The van der Waals surface area contributed by atoms with E-state index in [1.807, 2.05) is 0 Å².